The first-order valence-electron chi connectivity index (χ1n) is 5.67. The SMILES string of the molecule is C=CCCN=CSC1OC(CO)C(O)C(O)C1O. The summed E-state index contributed by atoms with van der Waals surface area (Å²) in [4.78, 5) is 4.05. The fourth-order valence-electron chi connectivity index (χ4n) is 1.50. The van der Waals surface area contributed by atoms with Gasteiger partial charge in [-0.3, -0.25) is 4.99 Å². The van der Waals surface area contributed by atoms with E-state index < -0.39 is 36.5 Å². The van der Waals surface area contributed by atoms with Gasteiger partial charge in [0, 0.05) is 6.54 Å². The van der Waals surface area contributed by atoms with Crippen molar-refractivity contribution in [2.24, 2.45) is 4.99 Å². The van der Waals surface area contributed by atoms with Gasteiger partial charge in [0.15, 0.2) is 0 Å². The Balaban J connectivity index is 2.48. The van der Waals surface area contributed by atoms with E-state index in [1.54, 1.807) is 6.08 Å². The maximum atomic E-state index is 9.71. The Morgan fingerprint density at radius 3 is 2.56 bits per heavy atom. The molecule has 104 valence electrons. The van der Waals surface area contributed by atoms with Crippen molar-refractivity contribution in [2.75, 3.05) is 13.2 Å². The number of aliphatic hydroxyl groups excluding tert-OH is 4. The fraction of sp³-hybridized carbons (Fsp3) is 0.727. The zero-order valence-corrected chi connectivity index (χ0v) is 10.7. The van der Waals surface area contributed by atoms with Crippen molar-refractivity contribution in [3.05, 3.63) is 12.7 Å². The first-order valence-corrected chi connectivity index (χ1v) is 6.61. The number of aliphatic imine (C=N–C) groups is 1. The third kappa shape index (κ3) is 4.04. The second-order valence-electron chi connectivity index (χ2n) is 3.92. The van der Waals surface area contributed by atoms with E-state index >= 15 is 0 Å². The van der Waals surface area contributed by atoms with Gasteiger partial charge in [0.1, 0.15) is 29.9 Å². The number of nitrogens with zero attached hydrogens (tertiary/aromatic N) is 1. The summed E-state index contributed by atoms with van der Waals surface area (Å²) in [7, 11) is 0. The molecule has 0 bridgehead atoms. The van der Waals surface area contributed by atoms with Crippen molar-refractivity contribution in [2.45, 2.75) is 36.3 Å². The lowest BCUT2D eigenvalue weighted by atomic mass is 10.0. The molecule has 18 heavy (non-hydrogen) atoms. The van der Waals surface area contributed by atoms with E-state index in [0.717, 1.165) is 18.2 Å². The lowest BCUT2D eigenvalue weighted by molar-refractivity contribution is -0.205. The molecule has 0 aromatic heterocycles. The van der Waals surface area contributed by atoms with E-state index in [2.05, 4.69) is 11.6 Å². The minimum atomic E-state index is -1.34. The summed E-state index contributed by atoms with van der Waals surface area (Å²) >= 11 is 1.10. The van der Waals surface area contributed by atoms with Gasteiger partial charge in [0.2, 0.25) is 0 Å². The van der Waals surface area contributed by atoms with Crippen LogP contribution >= 0.6 is 11.8 Å². The van der Waals surface area contributed by atoms with E-state index in [0.29, 0.717) is 6.54 Å². The van der Waals surface area contributed by atoms with Crippen LogP contribution in [-0.2, 0) is 4.74 Å². The van der Waals surface area contributed by atoms with Crippen LogP contribution in [0, 0.1) is 0 Å². The second-order valence-corrected chi connectivity index (χ2v) is 4.87. The molecule has 0 amide bonds. The lowest BCUT2D eigenvalue weighted by Gasteiger charge is -2.39. The Hall–Kier alpha value is -0.440. The zero-order chi connectivity index (χ0) is 13.5. The molecule has 4 N–H and O–H groups in total. The van der Waals surface area contributed by atoms with Gasteiger partial charge < -0.3 is 25.2 Å². The summed E-state index contributed by atoms with van der Waals surface area (Å²) in [5.41, 5.74) is 0.768. The van der Waals surface area contributed by atoms with Crippen LogP contribution in [0.4, 0.5) is 0 Å². The predicted octanol–water partition coefficient (Wildman–Crippen LogP) is -0.876. The molecule has 5 unspecified atom stereocenters. The number of aliphatic hydroxyl groups is 4. The van der Waals surface area contributed by atoms with Crippen LogP contribution in [0.5, 0.6) is 0 Å². The quantitative estimate of drug-likeness (QED) is 0.218. The monoisotopic (exact) mass is 277 g/mol. The average molecular weight is 277 g/mol. The van der Waals surface area contributed by atoms with E-state index in [-0.39, 0.29) is 0 Å². The van der Waals surface area contributed by atoms with Crippen LogP contribution < -0.4 is 0 Å². The number of hydrogen-bond donors (Lipinski definition) is 4. The summed E-state index contributed by atoms with van der Waals surface area (Å²) in [6.07, 6.45) is -2.25. The third-order valence-corrected chi connectivity index (χ3v) is 3.51. The number of thioether (sulfide) groups is 1. The number of ether oxygens (including phenoxy) is 1. The van der Waals surface area contributed by atoms with E-state index in [4.69, 9.17) is 9.84 Å². The summed E-state index contributed by atoms with van der Waals surface area (Å²) < 4.78 is 5.28. The molecule has 0 spiro atoms. The van der Waals surface area contributed by atoms with Crippen LogP contribution in [0.1, 0.15) is 6.42 Å². The van der Waals surface area contributed by atoms with Gasteiger partial charge in [-0.25, -0.2) is 0 Å². The van der Waals surface area contributed by atoms with Gasteiger partial charge in [-0.1, -0.05) is 17.8 Å². The molecule has 0 radical (unpaired) electrons. The van der Waals surface area contributed by atoms with Crippen molar-refractivity contribution < 1.29 is 25.2 Å². The minimum Gasteiger partial charge on any atom is -0.394 e. The molecular weight excluding hydrogens is 258 g/mol. The Labute approximate surface area is 110 Å². The van der Waals surface area contributed by atoms with Crippen molar-refractivity contribution in [1.29, 1.82) is 0 Å². The predicted molar refractivity (Wildman–Crippen MR) is 69.5 cm³/mol. The Bertz CT molecular complexity index is 287. The molecule has 0 aromatic carbocycles. The van der Waals surface area contributed by atoms with E-state index in [1.165, 1.54) is 5.55 Å². The highest BCUT2D eigenvalue weighted by Gasteiger charge is 2.43. The van der Waals surface area contributed by atoms with E-state index in [9.17, 15) is 15.3 Å². The fourth-order valence-corrected chi connectivity index (χ4v) is 2.34. The lowest BCUT2D eigenvalue weighted by Crippen LogP contribution is -2.57. The third-order valence-electron chi connectivity index (χ3n) is 2.58. The molecule has 6 nitrogen and oxygen atoms in total. The molecular formula is C11H19NO5S. The van der Waals surface area contributed by atoms with Gasteiger partial charge in [0.25, 0.3) is 0 Å². The maximum Gasteiger partial charge on any atom is 0.137 e. The minimum absolute atomic E-state index is 0.421. The molecule has 5 atom stereocenters. The molecule has 0 aromatic rings. The highest BCUT2D eigenvalue weighted by molar-refractivity contribution is 8.12. The standard InChI is InChI=1S/C11H19NO5S/c1-2-3-4-12-6-18-11-10(16)9(15)8(14)7(5-13)17-11/h2,6-11,13-16H,1,3-5H2. The van der Waals surface area contributed by atoms with Gasteiger partial charge in [-0.2, -0.15) is 0 Å². The first kappa shape index (κ1) is 15.6. The smallest absolute Gasteiger partial charge is 0.137 e. The van der Waals surface area contributed by atoms with Crippen LogP contribution in [0.25, 0.3) is 0 Å². The number of rotatable bonds is 6. The van der Waals surface area contributed by atoms with Gasteiger partial charge in [-0.15, -0.1) is 6.58 Å². The first-order chi connectivity index (χ1) is 8.61. The van der Waals surface area contributed by atoms with E-state index in [1.807, 2.05) is 0 Å². The van der Waals surface area contributed by atoms with Crippen molar-refractivity contribution in [1.82, 2.24) is 0 Å². The van der Waals surface area contributed by atoms with Crippen molar-refractivity contribution >= 4 is 17.3 Å². The Kier molecular flexibility index (Phi) is 6.83. The molecule has 1 heterocycles. The summed E-state index contributed by atoms with van der Waals surface area (Å²) in [5, 5.41) is 37.8. The average Bonchev–Trinajstić information content (AvgIpc) is 2.38. The van der Waals surface area contributed by atoms with Crippen LogP contribution in [-0.4, -0.2) is 69.0 Å². The highest BCUT2D eigenvalue weighted by atomic mass is 32.2. The second kappa shape index (κ2) is 7.88. The summed E-state index contributed by atoms with van der Waals surface area (Å²) in [6, 6.07) is 0. The Morgan fingerprint density at radius 1 is 1.22 bits per heavy atom. The molecule has 0 aliphatic carbocycles. The van der Waals surface area contributed by atoms with Gasteiger partial charge >= 0.3 is 0 Å². The maximum absolute atomic E-state index is 9.71. The molecule has 1 aliphatic heterocycles. The Morgan fingerprint density at radius 2 is 1.94 bits per heavy atom. The molecule has 1 saturated heterocycles. The largest absolute Gasteiger partial charge is 0.394 e. The normalized spacial score (nSPS) is 37.0. The van der Waals surface area contributed by atoms with Gasteiger partial charge in [-0.05, 0) is 6.42 Å². The van der Waals surface area contributed by atoms with Crippen LogP contribution in [0.3, 0.4) is 0 Å². The molecule has 7 heteroatoms. The van der Waals surface area contributed by atoms with Crippen LogP contribution in [0.15, 0.2) is 17.6 Å². The molecule has 1 aliphatic rings. The van der Waals surface area contributed by atoms with Crippen molar-refractivity contribution in [3.63, 3.8) is 0 Å². The molecule has 1 rings (SSSR count). The summed E-state index contributed by atoms with van der Waals surface area (Å²) in [5.74, 6) is 0. The van der Waals surface area contributed by atoms with Crippen LogP contribution in [0.2, 0.25) is 0 Å². The summed E-state index contributed by atoms with van der Waals surface area (Å²) in [6.45, 7) is 3.74. The molecule has 0 saturated carbocycles. The highest BCUT2D eigenvalue weighted by Crippen LogP contribution is 2.27. The van der Waals surface area contributed by atoms with Gasteiger partial charge in [0.05, 0.1) is 12.2 Å². The number of hydrogen-bond acceptors (Lipinski definition) is 7. The molecule has 1 fully saturated rings. The topological polar surface area (TPSA) is 103 Å². The zero-order valence-electron chi connectivity index (χ0n) is 9.92. The van der Waals surface area contributed by atoms with Crippen molar-refractivity contribution in [3.8, 4) is 0 Å².